The van der Waals surface area contributed by atoms with Gasteiger partial charge in [0.25, 0.3) is 0 Å². The van der Waals surface area contributed by atoms with E-state index in [1.807, 2.05) is 30.3 Å². The van der Waals surface area contributed by atoms with Crippen LogP contribution >= 0.6 is 0 Å². The van der Waals surface area contributed by atoms with Gasteiger partial charge in [0.1, 0.15) is 6.10 Å². The second-order valence-corrected chi connectivity index (χ2v) is 4.37. The van der Waals surface area contributed by atoms with Crippen molar-refractivity contribution >= 4 is 5.97 Å². The van der Waals surface area contributed by atoms with Crippen molar-refractivity contribution in [2.75, 3.05) is 6.61 Å². The largest absolute Gasteiger partial charge is 0.459 e. The van der Waals surface area contributed by atoms with Crippen LogP contribution in [0.4, 0.5) is 0 Å². The first-order valence-corrected chi connectivity index (χ1v) is 6.13. The van der Waals surface area contributed by atoms with Crippen LogP contribution in [0.25, 0.3) is 0 Å². The number of carbonyl (C=O) groups is 1. The van der Waals surface area contributed by atoms with E-state index in [-0.39, 0.29) is 18.0 Å². The molecule has 0 N–H and O–H groups in total. The van der Waals surface area contributed by atoms with Gasteiger partial charge in [-0.1, -0.05) is 43.7 Å². The van der Waals surface area contributed by atoms with E-state index in [1.165, 1.54) is 0 Å². The molecule has 1 saturated heterocycles. The number of benzene rings is 1. The maximum atomic E-state index is 11.2. The first-order chi connectivity index (χ1) is 8.31. The van der Waals surface area contributed by atoms with Crippen LogP contribution in [0.15, 0.2) is 30.3 Å². The van der Waals surface area contributed by atoms with Crippen molar-refractivity contribution in [2.24, 2.45) is 5.92 Å². The Morgan fingerprint density at radius 1 is 1.29 bits per heavy atom. The van der Waals surface area contributed by atoms with Crippen LogP contribution in [-0.2, 0) is 20.9 Å². The molecule has 92 valence electrons. The van der Waals surface area contributed by atoms with Gasteiger partial charge in [0.2, 0.25) is 0 Å². The topological polar surface area (TPSA) is 35.5 Å². The minimum atomic E-state index is -0.0693. The van der Waals surface area contributed by atoms with E-state index in [4.69, 9.17) is 9.47 Å². The average molecular weight is 234 g/mol. The van der Waals surface area contributed by atoms with Gasteiger partial charge in [0.15, 0.2) is 0 Å². The summed E-state index contributed by atoms with van der Waals surface area (Å²) in [7, 11) is 0. The van der Waals surface area contributed by atoms with Crippen LogP contribution in [0.5, 0.6) is 0 Å². The summed E-state index contributed by atoms with van der Waals surface area (Å²) >= 11 is 0. The average Bonchev–Trinajstić information content (AvgIpc) is 2.36. The molecule has 0 aromatic heterocycles. The van der Waals surface area contributed by atoms with Gasteiger partial charge in [-0.05, 0) is 12.0 Å². The molecule has 1 aromatic rings. The molecule has 0 bridgehead atoms. The van der Waals surface area contributed by atoms with Crippen LogP contribution in [-0.4, -0.2) is 18.7 Å². The fourth-order valence-electron chi connectivity index (χ4n) is 2.03. The minimum Gasteiger partial charge on any atom is -0.459 e. The van der Waals surface area contributed by atoms with E-state index in [2.05, 4.69) is 6.92 Å². The van der Waals surface area contributed by atoms with E-state index in [0.29, 0.717) is 13.2 Å². The highest BCUT2D eigenvalue weighted by atomic mass is 16.6. The number of rotatable bonds is 6. The Labute approximate surface area is 102 Å². The van der Waals surface area contributed by atoms with Crippen LogP contribution in [0.1, 0.15) is 25.3 Å². The number of cyclic esters (lactones) is 1. The summed E-state index contributed by atoms with van der Waals surface area (Å²) in [6, 6.07) is 10.0. The van der Waals surface area contributed by atoms with Gasteiger partial charge >= 0.3 is 5.97 Å². The minimum absolute atomic E-state index is 0.0360. The summed E-state index contributed by atoms with van der Waals surface area (Å²) in [5.74, 6) is -0.0177. The van der Waals surface area contributed by atoms with Gasteiger partial charge in [0.05, 0.1) is 19.1 Å². The Hall–Kier alpha value is -1.35. The molecule has 0 saturated carbocycles. The third-order valence-corrected chi connectivity index (χ3v) is 3.01. The number of hydrogen-bond acceptors (Lipinski definition) is 3. The van der Waals surface area contributed by atoms with Crippen molar-refractivity contribution in [3.63, 3.8) is 0 Å². The van der Waals surface area contributed by atoms with Crippen molar-refractivity contribution in [1.82, 2.24) is 0 Å². The van der Waals surface area contributed by atoms with E-state index in [9.17, 15) is 4.79 Å². The Morgan fingerprint density at radius 3 is 2.71 bits per heavy atom. The first kappa shape index (κ1) is 12.1. The zero-order valence-corrected chi connectivity index (χ0v) is 10.1. The molecule has 2 atom stereocenters. The molecular weight excluding hydrogens is 216 g/mol. The standard InChI is InChI=1S/C14H18O3/c1-2-6-12-13(17-14(12)15)10-16-9-11-7-4-3-5-8-11/h3-5,7-8,12-13H,2,6,9-10H2,1H3/t12-,13-/m0/s1. The van der Waals surface area contributed by atoms with Crippen LogP contribution in [0, 0.1) is 5.92 Å². The summed E-state index contributed by atoms with van der Waals surface area (Å²) in [4.78, 5) is 11.2. The quantitative estimate of drug-likeness (QED) is 0.709. The Bertz CT molecular complexity index is 361. The molecule has 17 heavy (non-hydrogen) atoms. The molecule has 0 aliphatic carbocycles. The van der Waals surface area contributed by atoms with Crippen molar-refractivity contribution in [3.8, 4) is 0 Å². The molecule has 1 aliphatic heterocycles. The molecular formula is C14H18O3. The van der Waals surface area contributed by atoms with Crippen LogP contribution in [0.2, 0.25) is 0 Å². The third-order valence-electron chi connectivity index (χ3n) is 3.01. The molecule has 1 aromatic carbocycles. The lowest BCUT2D eigenvalue weighted by atomic mass is 9.93. The van der Waals surface area contributed by atoms with Gasteiger partial charge in [-0.3, -0.25) is 4.79 Å². The van der Waals surface area contributed by atoms with Crippen LogP contribution < -0.4 is 0 Å². The molecule has 0 spiro atoms. The van der Waals surface area contributed by atoms with Crippen molar-refractivity contribution in [3.05, 3.63) is 35.9 Å². The third kappa shape index (κ3) is 3.07. The van der Waals surface area contributed by atoms with Crippen molar-refractivity contribution in [2.45, 2.75) is 32.5 Å². The lowest BCUT2D eigenvalue weighted by Gasteiger charge is -2.34. The predicted molar refractivity (Wildman–Crippen MR) is 64.4 cm³/mol. The fraction of sp³-hybridized carbons (Fsp3) is 0.500. The second-order valence-electron chi connectivity index (χ2n) is 4.37. The number of esters is 1. The van der Waals surface area contributed by atoms with Crippen LogP contribution in [0.3, 0.4) is 0 Å². The molecule has 1 aliphatic rings. The van der Waals surface area contributed by atoms with E-state index >= 15 is 0 Å². The van der Waals surface area contributed by atoms with Gasteiger partial charge in [0, 0.05) is 0 Å². The Balaban J connectivity index is 1.71. The molecule has 2 rings (SSSR count). The normalized spacial score (nSPS) is 23.0. The fourth-order valence-corrected chi connectivity index (χ4v) is 2.03. The molecule has 1 fully saturated rings. The van der Waals surface area contributed by atoms with Gasteiger partial charge < -0.3 is 9.47 Å². The predicted octanol–water partition coefficient (Wildman–Crippen LogP) is 2.54. The van der Waals surface area contributed by atoms with Crippen molar-refractivity contribution < 1.29 is 14.3 Å². The molecule has 3 heteroatoms. The lowest BCUT2D eigenvalue weighted by Crippen LogP contribution is -2.47. The zero-order chi connectivity index (χ0) is 12.1. The number of hydrogen-bond donors (Lipinski definition) is 0. The lowest BCUT2D eigenvalue weighted by molar-refractivity contribution is -0.192. The second kappa shape index (κ2) is 5.82. The van der Waals surface area contributed by atoms with Gasteiger partial charge in [-0.2, -0.15) is 0 Å². The smallest absolute Gasteiger partial charge is 0.313 e. The van der Waals surface area contributed by atoms with E-state index in [1.54, 1.807) is 0 Å². The highest BCUT2D eigenvalue weighted by Gasteiger charge is 2.41. The van der Waals surface area contributed by atoms with Gasteiger partial charge in [-0.15, -0.1) is 0 Å². The number of carbonyl (C=O) groups excluding carboxylic acids is 1. The highest BCUT2D eigenvalue weighted by Crippen LogP contribution is 2.27. The molecule has 0 unspecified atom stereocenters. The maximum absolute atomic E-state index is 11.2. The Morgan fingerprint density at radius 2 is 2.06 bits per heavy atom. The summed E-state index contributed by atoms with van der Waals surface area (Å²) in [5, 5.41) is 0. The zero-order valence-electron chi connectivity index (χ0n) is 10.1. The van der Waals surface area contributed by atoms with E-state index in [0.717, 1.165) is 18.4 Å². The maximum Gasteiger partial charge on any atom is 0.313 e. The summed E-state index contributed by atoms with van der Waals surface area (Å²) in [6.45, 7) is 3.16. The SMILES string of the molecule is CCC[C@@H]1C(=O)O[C@H]1COCc1ccccc1. The van der Waals surface area contributed by atoms with Crippen molar-refractivity contribution in [1.29, 1.82) is 0 Å². The van der Waals surface area contributed by atoms with E-state index < -0.39 is 0 Å². The first-order valence-electron chi connectivity index (χ1n) is 6.13. The molecule has 0 amide bonds. The highest BCUT2D eigenvalue weighted by molar-refractivity contribution is 5.78. The summed E-state index contributed by atoms with van der Waals surface area (Å²) < 4.78 is 10.6. The summed E-state index contributed by atoms with van der Waals surface area (Å²) in [6.07, 6.45) is 1.87. The Kier molecular flexibility index (Phi) is 4.15. The molecule has 1 heterocycles. The van der Waals surface area contributed by atoms with Gasteiger partial charge in [-0.25, -0.2) is 0 Å². The number of ether oxygens (including phenoxy) is 2. The molecule has 0 radical (unpaired) electrons. The summed E-state index contributed by atoms with van der Waals surface area (Å²) in [5.41, 5.74) is 1.14. The molecule has 3 nitrogen and oxygen atoms in total. The monoisotopic (exact) mass is 234 g/mol.